The zero-order valence-electron chi connectivity index (χ0n) is 10.5. The first-order valence-corrected chi connectivity index (χ1v) is 6.40. The van der Waals surface area contributed by atoms with Gasteiger partial charge in [-0.1, -0.05) is 42.5 Å². The van der Waals surface area contributed by atoms with Crippen molar-refractivity contribution in [1.29, 1.82) is 0 Å². The zero-order chi connectivity index (χ0) is 13.1. The summed E-state index contributed by atoms with van der Waals surface area (Å²) in [4.78, 5) is 12.1. The minimum absolute atomic E-state index is 0.109. The van der Waals surface area contributed by atoms with Crippen LogP contribution < -0.4 is 5.32 Å². The summed E-state index contributed by atoms with van der Waals surface area (Å²) >= 11 is 0. The van der Waals surface area contributed by atoms with Crippen LogP contribution in [0.15, 0.2) is 54.6 Å². The SMILES string of the molecule is O=C(N[C@@H]1OCCc2ccccc21)c1ccccc1. The molecule has 1 amide bonds. The number of carbonyl (C=O) groups is 1. The van der Waals surface area contributed by atoms with Crippen molar-refractivity contribution in [3.05, 3.63) is 71.3 Å². The lowest BCUT2D eigenvalue weighted by atomic mass is 10.0. The quantitative estimate of drug-likeness (QED) is 0.893. The fraction of sp³-hybridized carbons (Fsp3) is 0.188. The van der Waals surface area contributed by atoms with Crippen LogP contribution >= 0.6 is 0 Å². The summed E-state index contributed by atoms with van der Waals surface area (Å²) in [6.45, 7) is 0.636. The molecule has 0 aliphatic carbocycles. The van der Waals surface area contributed by atoms with Gasteiger partial charge < -0.3 is 10.1 Å². The highest BCUT2D eigenvalue weighted by Crippen LogP contribution is 2.24. The molecule has 2 aromatic carbocycles. The number of amides is 1. The largest absolute Gasteiger partial charge is 0.354 e. The summed E-state index contributed by atoms with van der Waals surface area (Å²) in [5.41, 5.74) is 2.94. The van der Waals surface area contributed by atoms with Crippen molar-refractivity contribution >= 4 is 5.91 Å². The van der Waals surface area contributed by atoms with E-state index in [1.54, 1.807) is 12.1 Å². The number of hydrogen-bond donors (Lipinski definition) is 1. The van der Waals surface area contributed by atoms with E-state index in [0.717, 1.165) is 12.0 Å². The number of nitrogens with one attached hydrogen (secondary N) is 1. The van der Waals surface area contributed by atoms with Crippen LogP contribution in [0.1, 0.15) is 27.7 Å². The van der Waals surface area contributed by atoms with Gasteiger partial charge in [0.1, 0.15) is 0 Å². The van der Waals surface area contributed by atoms with Crippen molar-refractivity contribution in [3.8, 4) is 0 Å². The van der Waals surface area contributed by atoms with Crippen LogP contribution in [-0.4, -0.2) is 12.5 Å². The van der Waals surface area contributed by atoms with Gasteiger partial charge in [-0.2, -0.15) is 0 Å². The third-order valence-corrected chi connectivity index (χ3v) is 3.29. The van der Waals surface area contributed by atoms with Gasteiger partial charge in [0.15, 0.2) is 6.23 Å². The number of hydrogen-bond acceptors (Lipinski definition) is 2. The van der Waals surface area contributed by atoms with E-state index in [4.69, 9.17) is 4.74 Å². The summed E-state index contributed by atoms with van der Waals surface area (Å²) in [7, 11) is 0. The summed E-state index contributed by atoms with van der Waals surface area (Å²) in [5.74, 6) is -0.109. The predicted molar refractivity (Wildman–Crippen MR) is 72.7 cm³/mol. The highest BCUT2D eigenvalue weighted by atomic mass is 16.5. The third-order valence-electron chi connectivity index (χ3n) is 3.29. The molecule has 3 nitrogen and oxygen atoms in total. The summed E-state index contributed by atoms with van der Waals surface area (Å²) in [6, 6.07) is 17.3. The summed E-state index contributed by atoms with van der Waals surface area (Å²) in [6.07, 6.45) is 0.547. The molecule has 19 heavy (non-hydrogen) atoms. The summed E-state index contributed by atoms with van der Waals surface area (Å²) in [5, 5.41) is 2.93. The average molecular weight is 253 g/mol. The minimum Gasteiger partial charge on any atom is -0.354 e. The molecule has 0 fully saturated rings. The van der Waals surface area contributed by atoms with Crippen LogP contribution in [0.3, 0.4) is 0 Å². The van der Waals surface area contributed by atoms with E-state index < -0.39 is 0 Å². The predicted octanol–water partition coefficient (Wildman–Crippen LogP) is 2.69. The molecule has 3 heteroatoms. The Morgan fingerprint density at radius 1 is 1.05 bits per heavy atom. The minimum atomic E-state index is -0.349. The zero-order valence-corrected chi connectivity index (χ0v) is 10.5. The van der Waals surface area contributed by atoms with Crippen molar-refractivity contribution in [2.45, 2.75) is 12.6 Å². The first-order chi connectivity index (χ1) is 9.34. The van der Waals surface area contributed by atoms with Gasteiger partial charge in [-0.25, -0.2) is 0 Å². The second-order valence-electron chi connectivity index (χ2n) is 4.54. The molecule has 0 radical (unpaired) electrons. The molecule has 2 aromatic rings. The number of fused-ring (bicyclic) bond motifs is 1. The fourth-order valence-corrected chi connectivity index (χ4v) is 2.31. The van der Waals surface area contributed by atoms with E-state index in [-0.39, 0.29) is 12.1 Å². The number of ether oxygens (including phenoxy) is 1. The number of carbonyl (C=O) groups excluding carboxylic acids is 1. The van der Waals surface area contributed by atoms with Crippen LogP contribution in [0.2, 0.25) is 0 Å². The molecule has 96 valence electrons. The topological polar surface area (TPSA) is 38.3 Å². The van der Waals surface area contributed by atoms with Crippen molar-refractivity contribution in [3.63, 3.8) is 0 Å². The first-order valence-electron chi connectivity index (χ1n) is 6.40. The van der Waals surface area contributed by atoms with Crippen molar-refractivity contribution in [2.75, 3.05) is 6.61 Å². The Balaban J connectivity index is 1.80. The second kappa shape index (κ2) is 5.24. The van der Waals surface area contributed by atoms with Gasteiger partial charge in [-0.15, -0.1) is 0 Å². The van der Waals surface area contributed by atoms with E-state index in [2.05, 4.69) is 11.4 Å². The van der Waals surface area contributed by atoms with Crippen LogP contribution in [0.4, 0.5) is 0 Å². The maximum absolute atomic E-state index is 12.1. The fourth-order valence-electron chi connectivity index (χ4n) is 2.31. The molecule has 0 aromatic heterocycles. The van der Waals surface area contributed by atoms with E-state index in [1.165, 1.54) is 5.56 Å². The van der Waals surface area contributed by atoms with Crippen LogP contribution in [-0.2, 0) is 11.2 Å². The highest BCUT2D eigenvalue weighted by Gasteiger charge is 2.22. The van der Waals surface area contributed by atoms with Gasteiger partial charge in [0.05, 0.1) is 6.61 Å². The molecule has 1 N–H and O–H groups in total. The lowest BCUT2D eigenvalue weighted by Gasteiger charge is -2.26. The maximum atomic E-state index is 12.1. The van der Waals surface area contributed by atoms with Crippen LogP contribution in [0.5, 0.6) is 0 Å². The van der Waals surface area contributed by atoms with Crippen molar-refractivity contribution < 1.29 is 9.53 Å². The first kappa shape index (κ1) is 11.9. The number of rotatable bonds is 2. The molecule has 0 spiro atoms. The maximum Gasteiger partial charge on any atom is 0.253 e. The van der Waals surface area contributed by atoms with Gasteiger partial charge in [0.2, 0.25) is 0 Å². The Morgan fingerprint density at radius 3 is 2.63 bits per heavy atom. The second-order valence-corrected chi connectivity index (χ2v) is 4.54. The van der Waals surface area contributed by atoms with Gasteiger partial charge in [0, 0.05) is 11.1 Å². The molecule has 1 aliphatic rings. The van der Waals surface area contributed by atoms with Crippen LogP contribution in [0.25, 0.3) is 0 Å². The van der Waals surface area contributed by atoms with Gasteiger partial charge >= 0.3 is 0 Å². The Morgan fingerprint density at radius 2 is 1.79 bits per heavy atom. The van der Waals surface area contributed by atoms with E-state index >= 15 is 0 Å². The lowest BCUT2D eigenvalue weighted by Crippen LogP contribution is -2.33. The Labute approximate surface area is 112 Å². The Bertz CT molecular complexity index is 580. The van der Waals surface area contributed by atoms with Gasteiger partial charge in [0.25, 0.3) is 5.91 Å². The van der Waals surface area contributed by atoms with Crippen molar-refractivity contribution in [2.24, 2.45) is 0 Å². The molecular weight excluding hydrogens is 238 g/mol. The van der Waals surface area contributed by atoms with Crippen LogP contribution in [0, 0.1) is 0 Å². The Hall–Kier alpha value is -2.13. The molecule has 1 aliphatic heterocycles. The smallest absolute Gasteiger partial charge is 0.253 e. The summed E-state index contributed by atoms with van der Waals surface area (Å²) < 4.78 is 5.66. The normalized spacial score (nSPS) is 17.6. The van der Waals surface area contributed by atoms with Gasteiger partial charge in [-0.3, -0.25) is 4.79 Å². The standard InChI is InChI=1S/C16H15NO2/c18-15(13-7-2-1-3-8-13)17-16-14-9-5-4-6-12(14)10-11-19-16/h1-9,16H,10-11H2,(H,17,18)/t16-/m1/s1. The van der Waals surface area contributed by atoms with E-state index in [1.807, 2.05) is 36.4 Å². The molecule has 0 saturated heterocycles. The molecule has 0 unspecified atom stereocenters. The molecule has 0 saturated carbocycles. The Kier molecular flexibility index (Phi) is 3.29. The molecule has 1 heterocycles. The van der Waals surface area contributed by atoms with E-state index in [0.29, 0.717) is 12.2 Å². The highest BCUT2D eigenvalue weighted by molar-refractivity contribution is 5.94. The third kappa shape index (κ3) is 2.51. The number of benzene rings is 2. The molecule has 1 atom stereocenters. The monoisotopic (exact) mass is 253 g/mol. The van der Waals surface area contributed by atoms with E-state index in [9.17, 15) is 4.79 Å². The molecule has 3 rings (SSSR count). The average Bonchev–Trinajstić information content (AvgIpc) is 2.48. The molecule has 0 bridgehead atoms. The van der Waals surface area contributed by atoms with Crippen molar-refractivity contribution in [1.82, 2.24) is 5.32 Å². The lowest BCUT2D eigenvalue weighted by molar-refractivity contribution is 0.0185. The molecular formula is C16H15NO2. The van der Waals surface area contributed by atoms with Gasteiger partial charge in [-0.05, 0) is 24.1 Å².